The number of nitrogens with one attached hydrogen (secondary N) is 1. The fourth-order valence-electron chi connectivity index (χ4n) is 3.73. The Hall–Kier alpha value is -1.74. The maximum atomic E-state index is 12.4. The maximum Gasteiger partial charge on any atom is 0.222 e. The number of sulfone groups is 1. The zero-order valence-corrected chi connectivity index (χ0v) is 16.5. The molecule has 0 aromatic carbocycles. The quantitative estimate of drug-likeness (QED) is 0.650. The lowest BCUT2D eigenvalue weighted by Gasteiger charge is -2.37. The zero-order valence-electron chi connectivity index (χ0n) is 15.7. The fraction of sp³-hybridized carbons (Fsp3) is 0.722. The minimum absolute atomic E-state index is 0.147. The van der Waals surface area contributed by atoms with Crippen LogP contribution in [0.15, 0.2) is 18.5 Å². The summed E-state index contributed by atoms with van der Waals surface area (Å²) >= 11 is 0. The van der Waals surface area contributed by atoms with Gasteiger partial charge in [0.1, 0.15) is 0 Å². The molecular weight excluding hydrogens is 366 g/mol. The Balaban J connectivity index is 1.26. The highest BCUT2D eigenvalue weighted by molar-refractivity contribution is 7.91. The highest BCUT2D eigenvalue weighted by atomic mass is 32.2. The predicted molar refractivity (Wildman–Crippen MR) is 104 cm³/mol. The molecule has 1 atom stereocenters. The Morgan fingerprint density at radius 3 is 2.52 bits per heavy atom. The van der Waals surface area contributed by atoms with Crippen molar-refractivity contribution in [2.75, 3.05) is 49.5 Å². The smallest absolute Gasteiger partial charge is 0.222 e. The van der Waals surface area contributed by atoms with E-state index < -0.39 is 9.84 Å². The molecule has 1 aromatic heterocycles. The number of carbonyl (C=O) groups is 1. The number of rotatable bonds is 8. The first kappa shape index (κ1) is 20.0. The van der Waals surface area contributed by atoms with Gasteiger partial charge in [-0.2, -0.15) is 0 Å². The lowest BCUT2D eigenvalue weighted by molar-refractivity contribution is -0.133. The molecule has 1 aromatic rings. The van der Waals surface area contributed by atoms with E-state index in [0.29, 0.717) is 31.2 Å². The summed E-state index contributed by atoms with van der Waals surface area (Å²) in [5.41, 5.74) is 0. The second-order valence-electron chi connectivity index (χ2n) is 7.28. The van der Waals surface area contributed by atoms with Crippen LogP contribution in [0.3, 0.4) is 0 Å². The Bertz CT molecular complexity index is 705. The molecule has 150 valence electrons. The second-order valence-corrected chi connectivity index (χ2v) is 9.51. The first-order valence-corrected chi connectivity index (χ1v) is 11.6. The van der Waals surface area contributed by atoms with E-state index >= 15 is 0 Å². The molecule has 2 aliphatic rings. The van der Waals surface area contributed by atoms with Gasteiger partial charge in [0.05, 0.1) is 11.5 Å². The lowest BCUT2D eigenvalue weighted by Crippen LogP contribution is -2.52. The van der Waals surface area contributed by atoms with E-state index in [9.17, 15) is 13.2 Å². The van der Waals surface area contributed by atoms with Gasteiger partial charge in [0.2, 0.25) is 11.9 Å². The van der Waals surface area contributed by atoms with Crippen molar-refractivity contribution in [1.82, 2.24) is 19.8 Å². The van der Waals surface area contributed by atoms with Gasteiger partial charge in [-0.3, -0.25) is 9.69 Å². The third-order valence-corrected chi connectivity index (χ3v) is 7.06. The standard InChI is InChI=1S/C18H29N5O3S/c24-17(5-2-1-3-7-19-18-20-8-4-9-21-18)23-12-10-22(11-13-23)16-6-14-27(25,26)15-16/h4,8-9,16H,1-3,5-7,10-15H2,(H,19,20,21). The SMILES string of the molecule is O=C(CCCCCNc1ncccn1)N1CCN(C2CCS(=O)(=O)C2)CC1. The van der Waals surface area contributed by atoms with Crippen molar-refractivity contribution in [1.29, 1.82) is 0 Å². The summed E-state index contributed by atoms with van der Waals surface area (Å²) in [6, 6.07) is 1.93. The molecule has 3 heterocycles. The highest BCUT2D eigenvalue weighted by Crippen LogP contribution is 2.19. The van der Waals surface area contributed by atoms with Crippen molar-refractivity contribution < 1.29 is 13.2 Å². The minimum Gasteiger partial charge on any atom is -0.354 e. The van der Waals surface area contributed by atoms with Crippen LogP contribution in [0.25, 0.3) is 0 Å². The molecule has 2 aliphatic heterocycles. The number of hydrogen-bond donors (Lipinski definition) is 1. The lowest BCUT2D eigenvalue weighted by atomic mass is 10.1. The van der Waals surface area contributed by atoms with Crippen LogP contribution in [0, 0.1) is 0 Å². The molecule has 0 radical (unpaired) electrons. The van der Waals surface area contributed by atoms with Crippen LogP contribution >= 0.6 is 0 Å². The first-order valence-electron chi connectivity index (χ1n) is 9.77. The summed E-state index contributed by atoms with van der Waals surface area (Å²) in [6.07, 6.45) is 7.59. The van der Waals surface area contributed by atoms with E-state index in [1.165, 1.54) is 0 Å². The van der Waals surface area contributed by atoms with Crippen molar-refractivity contribution in [2.45, 2.75) is 38.1 Å². The van der Waals surface area contributed by atoms with Gasteiger partial charge >= 0.3 is 0 Å². The topological polar surface area (TPSA) is 95.5 Å². The van der Waals surface area contributed by atoms with Gasteiger partial charge in [-0.1, -0.05) is 6.42 Å². The molecule has 3 rings (SSSR count). The van der Waals surface area contributed by atoms with Crippen LogP contribution in [0.5, 0.6) is 0 Å². The third kappa shape index (κ3) is 6.14. The van der Waals surface area contributed by atoms with Gasteiger partial charge in [-0.15, -0.1) is 0 Å². The Kier molecular flexibility index (Phi) is 7.01. The van der Waals surface area contributed by atoms with Gasteiger partial charge in [0, 0.05) is 57.6 Å². The Labute approximate surface area is 161 Å². The summed E-state index contributed by atoms with van der Waals surface area (Å²) in [5.74, 6) is 1.44. The summed E-state index contributed by atoms with van der Waals surface area (Å²) in [4.78, 5) is 24.7. The number of unbranched alkanes of at least 4 members (excludes halogenated alkanes) is 2. The summed E-state index contributed by atoms with van der Waals surface area (Å²) < 4.78 is 23.3. The van der Waals surface area contributed by atoms with Gasteiger partial charge in [0.25, 0.3) is 0 Å². The molecule has 8 nitrogen and oxygen atoms in total. The van der Waals surface area contributed by atoms with Crippen molar-refractivity contribution in [3.63, 3.8) is 0 Å². The van der Waals surface area contributed by atoms with Crippen LogP contribution in [-0.2, 0) is 14.6 Å². The van der Waals surface area contributed by atoms with E-state index in [4.69, 9.17) is 0 Å². The Morgan fingerprint density at radius 2 is 1.85 bits per heavy atom. The highest BCUT2D eigenvalue weighted by Gasteiger charge is 2.34. The second kappa shape index (κ2) is 9.45. The molecular formula is C18H29N5O3S. The summed E-state index contributed by atoms with van der Waals surface area (Å²) in [7, 11) is -2.85. The van der Waals surface area contributed by atoms with E-state index in [-0.39, 0.29) is 17.7 Å². The number of piperazine rings is 1. The van der Waals surface area contributed by atoms with Crippen molar-refractivity contribution in [2.24, 2.45) is 0 Å². The van der Waals surface area contributed by atoms with Crippen molar-refractivity contribution in [3.05, 3.63) is 18.5 Å². The number of nitrogens with zero attached hydrogens (tertiary/aromatic N) is 4. The minimum atomic E-state index is -2.85. The molecule has 27 heavy (non-hydrogen) atoms. The normalized spacial score (nSPS) is 22.7. The molecule has 0 saturated carbocycles. The van der Waals surface area contributed by atoms with E-state index in [1.54, 1.807) is 18.5 Å². The van der Waals surface area contributed by atoms with Crippen LogP contribution in [0.4, 0.5) is 5.95 Å². The molecule has 0 aliphatic carbocycles. The molecule has 1 amide bonds. The maximum absolute atomic E-state index is 12.4. The predicted octanol–water partition coefficient (Wildman–Crippen LogP) is 0.780. The molecule has 2 fully saturated rings. The van der Waals surface area contributed by atoms with Crippen LogP contribution < -0.4 is 5.32 Å². The summed E-state index contributed by atoms with van der Waals surface area (Å²) in [5, 5.41) is 3.17. The zero-order chi connectivity index (χ0) is 19.1. The van der Waals surface area contributed by atoms with Crippen LogP contribution in [-0.4, -0.2) is 84.4 Å². The van der Waals surface area contributed by atoms with Gasteiger partial charge < -0.3 is 10.2 Å². The first-order chi connectivity index (χ1) is 13.0. The number of carbonyl (C=O) groups excluding carboxylic acids is 1. The third-order valence-electron chi connectivity index (χ3n) is 5.31. The number of aromatic nitrogens is 2. The largest absolute Gasteiger partial charge is 0.354 e. The average molecular weight is 396 g/mol. The van der Waals surface area contributed by atoms with Gasteiger partial charge in [0.15, 0.2) is 9.84 Å². The van der Waals surface area contributed by atoms with E-state index in [2.05, 4.69) is 20.2 Å². The molecule has 9 heteroatoms. The average Bonchev–Trinajstić information content (AvgIpc) is 3.05. The number of anilines is 1. The molecule has 1 unspecified atom stereocenters. The Morgan fingerprint density at radius 1 is 1.11 bits per heavy atom. The molecule has 0 spiro atoms. The molecule has 0 bridgehead atoms. The van der Waals surface area contributed by atoms with E-state index in [0.717, 1.165) is 45.3 Å². The van der Waals surface area contributed by atoms with Crippen molar-refractivity contribution >= 4 is 21.7 Å². The molecule has 2 saturated heterocycles. The van der Waals surface area contributed by atoms with Gasteiger partial charge in [-0.25, -0.2) is 18.4 Å². The van der Waals surface area contributed by atoms with E-state index in [1.807, 2.05) is 4.90 Å². The monoisotopic (exact) mass is 395 g/mol. The summed E-state index contributed by atoms with van der Waals surface area (Å²) in [6.45, 7) is 3.80. The fourth-order valence-corrected chi connectivity index (χ4v) is 5.49. The molecule has 1 N–H and O–H groups in total. The van der Waals surface area contributed by atoms with Crippen LogP contribution in [0.1, 0.15) is 32.1 Å². The van der Waals surface area contributed by atoms with Gasteiger partial charge in [-0.05, 0) is 25.3 Å². The van der Waals surface area contributed by atoms with Crippen LogP contribution in [0.2, 0.25) is 0 Å². The van der Waals surface area contributed by atoms with Crippen molar-refractivity contribution in [3.8, 4) is 0 Å². The number of hydrogen-bond acceptors (Lipinski definition) is 7. The number of amides is 1.